The van der Waals surface area contributed by atoms with Gasteiger partial charge in [-0.3, -0.25) is 0 Å². The van der Waals surface area contributed by atoms with E-state index in [2.05, 4.69) is 21.9 Å². The zero-order valence-electron chi connectivity index (χ0n) is 16.2. The molecule has 1 spiro atoms. The van der Waals surface area contributed by atoms with E-state index in [0.717, 1.165) is 51.0 Å². The Labute approximate surface area is 160 Å². The summed E-state index contributed by atoms with van der Waals surface area (Å²) in [5.74, 6) is 0.868. The Morgan fingerprint density at radius 1 is 1.35 bits per heavy atom. The quantitative estimate of drug-likeness (QED) is 0.722. The number of hydrogen-bond acceptors (Lipinski definition) is 5. The average molecular weight is 381 g/mol. The van der Waals surface area contributed by atoms with E-state index in [9.17, 15) is 4.79 Å². The van der Waals surface area contributed by atoms with Crippen molar-refractivity contribution in [2.75, 3.05) is 25.0 Å². The molecule has 3 rings (SSSR count). The second-order valence-electron chi connectivity index (χ2n) is 8.68. The Morgan fingerprint density at radius 2 is 2.04 bits per heavy atom. The Hall–Kier alpha value is -1.56. The van der Waals surface area contributed by atoms with E-state index < -0.39 is 5.60 Å². The highest BCUT2D eigenvalue weighted by atomic mass is 35.5. The number of likely N-dealkylation sites (tertiary alicyclic amines) is 1. The molecule has 0 aromatic carbocycles. The van der Waals surface area contributed by atoms with Gasteiger partial charge in [-0.2, -0.15) is 0 Å². The predicted octanol–water partition coefficient (Wildman–Crippen LogP) is 4.14. The summed E-state index contributed by atoms with van der Waals surface area (Å²) in [6, 6.07) is 2.35. The highest BCUT2D eigenvalue weighted by Crippen LogP contribution is 2.45. The van der Waals surface area contributed by atoms with Gasteiger partial charge in [0.15, 0.2) is 0 Å². The molecular weight excluding hydrogens is 352 g/mol. The Balaban J connectivity index is 1.56. The molecule has 0 unspecified atom stereocenters. The van der Waals surface area contributed by atoms with E-state index in [4.69, 9.17) is 16.3 Å². The summed E-state index contributed by atoms with van der Waals surface area (Å²) in [6.45, 7) is 7.36. The van der Waals surface area contributed by atoms with Crippen molar-refractivity contribution in [2.24, 2.45) is 5.41 Å². The zero-order valence-corrected chi connectivity index (χ0v) is 16.9. The van der Waals surface area contributed by atoms with Gasteiger partial charge in [0, 0.05) is 32.4 Å². The van der Waals surface area contributed by atoms with Crippen molar-refractivity contribution in [3.8, 4) is 0 Å². The average Bonchev–Trinajstić information content (AvgIpc) is 2.97. The molecule has 6 nitrogen and oxygen atoms in total. The highest BCUT2D eigenvalue weighted by molar-refractivity contribution is 6.28. The van der Waals surface area contributed by atoms with E-state index in [0.29, 0.717) is 6.04 Å². The van der Waals surface area contributed by atoms with Crippen LogP contribution in [0.4, 0.5) is 10.6 Å². The van der Waals surface area contributed by atoms with Gasteiger partial charge in [0.05, 0.1) is 0 Å². The maximum Gasteiger partial charge on any atom is 0.410 e. The molecule has 1 aliphatic heterocycles. The minimum Gasteiger partial charge on any atom is -0.444 e. The Bertz CT molecular complexity index is 653. The van der Waals surface area contributed by atoms with Crippen molar-refractivity contribution in [2.45, 2.75) is 64.5 Å². The van der Waals surface area contributed by atoms with E-state index in [1.54, 1.807) is 6.20 Å². The van der Waals surface area contributed by atoms with Gasteiger partial charge >= 0.3 is 6.09 Å². The first kappa shape index (κ1) is 19.2. The summed E-state index contributed by atoms with van der Waals surface area (Å²) in [4.78, 5) is 24.7. The fraction of sp³-hybridized carbons (Fsp3) is 0.737. The highest BCUT2D eigenvalue weighted by Gasteiger charge is 2.44. The molecule has 1 aromatic heterocycles. The number of rotatable bonds is 2. The molecule has 2 heterocycles. The van der Waals surface area contributed by atoms with Crippen LogP contribution in [0.3, 0.4) is 0 Å². The van der Waals surface area contributed by atoms with Gasteiger partial charge in [-0.05, 0) is 76.0 Å². The third kappa shape index (κ3) is 4.40. The van der Waals surface area contributed by atoms with Crippen molar-refractivity contribution < 1.29 is 9.53 Å². The van der Waals surface area contributed by atoms with Crippen LogP contribution < -0.4 is 4.90 Å². The van der Waals surface area contributed by atoms with E-state index in [1.807, 2.05) is 31.7 Å². The van der Waals surface area contributed by atoms with E-state index >= 15 is 0 Å². The smallest absolute Gasteiger partial charge is 0.410 e. The second-order valence-corrected chi connectivity index (χ2v) is 9.02. The molecular formula is C19H29ClN4O2. The second kappa shape index (κ2) is 7.22. The fourth-order valence-corrected chi connectivity index (χ4v) is 4.28. The number of halogens is 1. The zero-order chi connectivity index (χ0) is 18.9. The lowest BCUT2D eigenvalue weighted by atomic mass is 9.71. The van der Waals surface area contributed by atoms with Crippen LogP contribution in [0.15, 0.2) is 12.3 Å². The molecule has 1 amide bonds. The van der Waals surface area contributed by atoms with E-state index in [1.165, 1.54) is 0 Å². The maximum atomic E-state index is 12.3. The molecule has 1 aliphatic carbocycles. The number of carbonyl (C=O) groups is 1. The Morgan fingerprint density at radius 3 is 2.65 bits per heavy atom. The van der Waals surface area contributed by atoms with Crippen LogP contribution in [0.1, 0.15) is 52.9 Å². The molecule has 2 aliphatic rings. The van der Waals surface area contributed by atoms with Crippen molar-refractivity contribution in [3.63, 3.8) is 0 Å². The van der Waals surface area contributed by atoms with Crippen LogP contribution in [0.2, 0.25) is 5.28 Å². The van der Waals surface area contributed by atoms with Crippen LogP contribution >= 0.6 is 11.6 Å². The number of carbonyl (C=O) groups excluding carboxylic acids is 1. The molecule has 144 valence electrons. The number of amides is 1. The fourth-order valence-electron chi connectivity index (χ4n) is 4.14. The van der Waals surface area contributed by atoms with Crippen molar-refractivity contribution in [1.82, 2.24) is 14.9 Å². The minimum absolute atomic E-state index is 0.177. The van der Waals surface area contributed by atoms with Crippen LogP contribution in [0.25, 0.3) is 0 Å². The lowest BCUT2D eigenvalue weighted by molar-refractivity contribution is 0.0261. The van der Waals surface area contributed by atoms with Gasteiger partial charge in [-0.1, -0.05) is 0 Å². The number of nitrogens with zero attached hydrogens (tertiary/aromatic N) is 4. The SMILES string of the molecule is CN(c1ccnc(Cl)n1)C1CCC2(CC1)CCN(C(=O)OC(C)(C)C)C2. The van der Waals surface area contributed by atoms with Gasteiger partial charge in [0.2, 0.25) is 5.28 Å². The van der Waals surface area contributed by atoms with Gasteiger partial charge < -0.3 is 14.5 Å². The number of aromatic nitrogens is 2. The Kier molecular flexibility index (Phi) is 5.33. The molecule has 1 saturated heterocycles. The van der Waals surface area contributed by atoms with Crippen molar-refractivity contribution in [1.29, 1.82) is 0 Å². The molecule has 7 heteroatoms. The summed E-state index contributed by atoms with van der Waals surface area (Å²) in [5.41, 5.74) is -0.191. The molecule has 0 atom stereocenters. The van der Waals surface area contributed by atoms with Crippen LogP contribution in [0, 0.1) is 5.41 Å². The summed E-state index contributed by atoms with van der Waals surface area (Å²) >= 11 is 5.92. The minimum atomic E-state index is -0.438. The van der Waals surface area contributed by atoms with Crippen molar-refractivity contribution >= 4 is 23.5 Å². The first-order valence-electron chi connectivity index (χ1n) is 9.37. The van der Waals surface area contributed by atoms with E-state index in [-0.39, 0.29) is 16.8 Å². The largest absolute Gasteiger partial charge is 0.444 e. The van der Waals surface area contributed by atoms with Crippen LogP contribution in [-0.4, -0.2) is 52.7 Å². The van der Waals surface area contributed by atoms with Gasteiger partial charge in [-0.25, -0.2) is 14.8 Å². The summed E-state index contributed by atoms with van der Waals surface area (Å²) in [5, 5.41) is 0.283. The first-order valence-corrected chi connectivity index (χ1v) is 9.75. The van der Waals surface area contributed by atoms with Crippen molar-refractivity contribution in [3.05, 3.63) is 17.5 Å². The van der Waals surface area contributed by atoms with Gasteiger partial charge in [0.25, 0.3) is 0 Å². The third-order valence-electron chi connectivity index (χ3n) is 5.63. The maximum absolute atomic E-state index is 12.3. The molecule has 0 N–H and O–H groups in total. The monoisotopic (exact) mass is 380 g/mol. The third-order valence-corrected chi connectivity index (χ3v) is 5.81. The normalized spacial score (nSPS) is 26.2. The standard InChI is InChI=1S/C19H29ClN4O2/c1-18(2,3)26-17(25)24-12-10-19(13-24)8-5-14(6-9-19)23(4)15-7-11-21-16(20)22-15/h7,11,14H,5-6,8-10,12-13H2,1-4H3. The molecule has 1 aromatic rings. The summed E-state index contributed by atoms with van der Waals surface area (Å²) < 4.78 is 5.54. The molecule has 26 heavy (non-hydrogen) atoms. The number of anilines is 1. The molecule has 1 saturated carbocycles. The lowest BCUT2D eigenvalue weighted by Crippen LogP contribution is -2.41. The first-order chi connectivity index (χ1) is 12.2. The lowest BCUT2D eigenvalue weighted by Gasteiger charge is -2.40. The molecule has 0 bridgehead atoms. The van der Waals surface area contributed by atoms with Gasteiger partial charge in [-0.15, -0.1) is 0 Å². The van der Waals surface area contributed by atoms with Crippen LogP contribution in [0.5, 0.6) is 0 Å². The molecule has 0 radical (unpaired) electrons. The number of ether oxygens (including phenoxy) is 1. The number of hydrogen-bond donors (Lipinski definition) is 0. The summed E-state index contributed by atoms with van der Waals surface area (Å²) in [7, 11) is 2.07. The predicted molar refractivity (Wildman–Crippen MR) is 103 cm³/mol. The van der Waals surface area contributed by atoms with Crippen LogP contribution in [-0.2, 0) is 4.74 Å². The molecule has 2 fully saturated rings. The van der Waals surface area contributed by atoms with Gasteiger partial charge in [0.1, 0.15) is 11.4 Å². The topological polar surface area (TPSA) is 58.6 Å². The summed E-state index contributed by atoms with van der Waals surface area (Å²) in [6.07, 6.45) is 7.04.